The molecule has 0 atom stereocenters. The molecular formula is C80H44N6S2. The lowest BCUT2D eigenvalue weighted by atomic mass is 10.0. The third-order valence-corrected chi connectivity index (χ3v) is 20.7. The highest BCUT2D eigenvalue weighted by molar-refractivity contribution is 7.26. The fraction of sp³-hybridized carbons (Fsp3) is 0. The second-order valence-corrected chi connectivity index (χ2v) is 25.2. The van der Waals surface area contributed by atoms with Crippen molar-refractivity contribution in [3.63, 3.8) is 0 Å². The second kappa shape index (κ2) is 18.5. The van der Waals surface area contributed by atoms with E-state index in [1.165, 1.54) is 52.5 Å². The Kier molecular flexibility index (Phi) is 10.3. The van der Waals surface area contributed by atoms with Gasteiger partial charge in [-0.15, -0.1) is 22.7 Å². The van der Waals surface area contributed by atoms with Crippen LogP contribution in [0.4, 0.5) is 0 Å². The summed E-state index contributed by atoms with van der Waals surface area (Å²) < 4.78 is 13.9. The van der Waals surface area contributed by atoms with Crippen LogP contribution in [0.3, 0.4) is 0 Å². The number of benzene rings is 13. The molecule has 0 amide bonds. The third-order valence-electron chi connectivity index (χ3n) is 18.4. The number of nitriles is 2. The standard InChI is InChI=1S/C80H44N6S2/c81-45-51-40-72(86-70-34-30-48(36-62(70)64-42-66-60-22-10-14-26-78(60)88-80(66)44-76(64)86)50-28-32-58-56-20-8-12-24-68(56)84(74(58)38-50)54-17-5-2-6-18-54)52(46-82)39-71(51)85-69-33-29-47(35-61(69)63-41-65-59-21-9-13-25-77(59)87-79(65)43-75(63)85)49-27-31-57-55-19-7-11-23-67(55)83(73(57)37-49)53-15-3-1-4-16-53/h1-44H. The van der Waals surface area contributed by atoms with Crippen molar-refractivity contribution in [1.82, 2.24) is 18.3 Å². The van der Waals surface area contributed by atoms with E-state index in [9.17, 15) is 10.5 Å². The number of nitrogens with zero attached hydrogens (tertiary/aromatic N) is 6. The molecule has 19 aromatic rings. The molecule has 0 aliphatic heterocycles. The normalized spacial score (nSPS) is 12.1. The number of hydrogen-bond acceptors (Lipinski definition) is 4. The predicted molar refractivity (Wildman–Crippen MR) is 370 cm³/mol. The van der Waals surface area contributed by atoms with Gasteiger partial charge in [-0.05, 0) is 144 Å². The highest BCUT2D eigenvalue weighted by Gasteiger charge is 2.25. The average molecular weight is 1150 g/mol. The van der Waals surface area contributed by atoms with E-state index in [1.807, 2.05) is 12.1 Å². The van der Waals surface area contributed by atoms with Crippen LogP contribution < -0.4 is 0 Å². The molecule has 0 saturated carbocycles. The first-order chi connectivity index (χ1) is 43.5. The molecule has 0 N–H and O–H groups in total. The summed E-state index contributed by atoms with van der Waals surface area (Å²) in [6.45, 7) is 0. The van der Waals surface area contributed by atoms with Crippen molar-refractivity contribution in [3.8, 4) is 57.1 Å². The van der Waals surface area contributed by atoms with Gasteiger partial charge in [-0.25, -0.2) is 0 Å². The number of rotatable bonds is 6. The largest absolute Gasteiger partial charge is 0.309 e. The molecule has 0 fully saturated rings. The molecule has 0 bridgehead atoms. The zero-order chi connectivity index (χ0) is 57.9. The molecule has 0 aliphatic carbocycles. The zero-order valence-electron chi connectivity index (χ0n) is 46.9. The molecule has 6 aromatic heterocycles. The van der Waals surface area contributed by atoms with Crippen LogP contribution in [-0.2, 0) is 0 Å². The summed E-state index contributed by atoms with van der Waals surface area (Å²) in [4.78, 5) is 0. The van der Waals surface area contributed by atoms with Gasteiger partial charge in [0.2, 0.25) is 0 Å². The average Bonchev–Trinajstić information content (AvgIpc) is 1.83. The van der Waals surface area contributed by atoms with Crippen molar-refractivity contribution >= 4 is 150 Å². The van der Waals surface area contributed by atoms with Crippen molar-refractivity contribution in [3.05, 3.63) is 278 Å². The van der Waals surface area contributed by atoms with E-state index in [4.69, 9.17) is 0 Å². The van der Waals surface area contributed by atoms with E-state index in [1.54, 1.807) is 22.7 Å². The van der Waals surface area contributed by atoms with Crippen molar-refractivity contribution in [1.29, 1.82) is 10.5 Å². The number of thiophene rings is 2. The Bertz CT molecular complexity index is 5940. The first kappa shape index (κ1) is 48.8. The molecule has 88 heavy (non-hydrogen) atoms. The van der Waals surface area contributed by atoms with E-state index < -0.39 is 0 Å². The summed E-state index contributed by atoms with van der Waals surface area (Å²) in [6.07, 6.45) is 0. The highest BCUT2D eigenvalue weighted by atomic mass is 32.1. The summed E-state index contributed by atoms with van der Waals surface area (Å²) in [5, 5.41) is 37.2. The minimum atomic E-state index is 0.462. The molecule has 0 unspecified atom stereocenters. The Morgan fingerprint density at radius 2 is 0.568 bits per heavy atom. The molecule has 8 heteroatoms. The minimum Gasteiger partial charge on any atom is -0.309 e. The minimum absolute atomic E-state index is 0.462. The van der Waals surface area contributed by atoms with Crippen molar-refractivity contribution in [2.24, 2.45) is 0 Å². The van der Waals surface area contributed by atoms with Gasteiger partial charge in [0.15, 0.2) is 0 Å². The quantitative estimate of drug-likeness (QED) is 0.166. The maximum absolute atomic E-state index is 11.6. The van der Waals surface area contributed by atoms with E-state index in [0.29, 0.717) is 22.5 Å². The number of hydrogen-bond donors (Lipinski definition) is 0. The van der Waals surface area contributed by atoms with E-state index in [2.05, 4.69) is 285 Å². The molecule has 0 spiro atoms. The number of aromatic nitrogens is 4. The lowest BCUT2D eigenvalue weighted by Crippen LogP contribution is -2.04. The first-order valence-corrected chi connectivity index (χ1v) is 31.1. The Balaban J connectivity index is 0.825. The van der Waals surface area contributed by atoms with Crippen LogP contribution in [0.15, 0.2) is 267 Å². The Morgan fingerprint density at radius 1 is 0.227 bits per heavy atom. The molecule has 0 radical (unpaired) electrons. The molecular weight excluding hydrogens is 1110 g/mol. The lowest BCUT2D eigenvalue weighted by molar-refractivity contribution is 1.13. The number of para-hydroxylation sites is 4. The molecule has 0 saturated heterocycles. The van der Waals surface area contributed by atoms with Gasteiger partial charge < -0.3 is 18.3 Å². The van der Waals surface area contributed by atoms with E-state index in [0.717, 1.165) is 109 Å². The van der Waals surface area contributed by atoms with Crippen LogP contribution in [0.5, 0.6) is 0 Å². The van der Waals surface area contributed by atoms with Crippen LogP contribution in [0.25, 0.3) is 173 Å². The molecule has 6 heterocycles. The molecule has 0 aliphatic rings. The smallest absolute Gasteiger partial charge is 0.101 e. The summed E-state index contributed by atoms with van der Waals surface area (Å²) in [5.41, 5.74) is 17.3. The maximum Gasteiger partial charge on any atom is 0.101 e. The van der Waals surface area contributed by atoms with Crippen LogP contribution in [-0.4, -0.2) is 18.3 Å². The highest BCUT2D eigenvalue weighted by Crippen LogP contribution is 2.47. The molecule has 406 valence electrons. The predicted octanol–water partition coefficient (Wildman–Crippen LogP) is 21.9. The van der Waals surface area contributed by atoms with Crippen LogP contribution in [0, 0.1) is 22.7 Å². The van der Waals surface area contributed by atoms with Gasteiger partial charge in [0.1, 0.15) is 12.1 Å². The Morgan fingerprint density at radius 3 is 1.01 bits per heavy atom. The monoisotopic (exact) mass is 1150 g/mol. The fourth-order valence-electron chi connectivity index (χ4n) is 14.5. The molecule has 6 nitrogen and oxygen atoms in total. The van der Waals surface area contributed by atoms with Crippen LogP contribution >= 0.6 is 22.7 Å². The van der Waals surface area contributed by atoms with Crippen molar-refractivity contribution in [2.45, 2.75) is 0 Å². The van der Waals surface area contributed by atoms with Gasteiger partial charge in [0, 0.05) is 94.8 Å². The van der Waals surface area contributed by atoms with Crippen LogP contribution in [0.1, 0.15) is 11.1 Å². The Hall–Kier alpha value is -11.5. The van der Waals surface area contributed by atoms with Gasteiger partial charge in [-0.3, -0.25) is 0 Å². The topological polar surface area (TPSA) is 67.3 Å². The van der Waals surface area contributed by atoms with Crippen molar-refractivity contribution in [2.75, 3.05) is 0 Å². The summed E-state index contributed by atoms with van der Waals surface area (Å²) in [6, 6.07) is 101. The summed E-state index contributed by atoms with van der Waals surface area (Å²) >= 11 is 3.56. The van der Waals surface area contributed by atoms with Gasteiger partial charge in [0.25, 0.3) is 0 Å². The summed E-state index contributed by atoms with van der Waals surface area (Å²) in [5.74, 6) is 0. The second-order valence-electron chi connectivity index (χ2n) is 23.0. The lowest BCUT2D eigenvalue weighted by Gasteiger charge is -2.16. The molecule has 13 aromatic carbocycles. The third kappa shape index (κ3) is 6.95. The molecule has 19 rings (SSSR count). The van der Waals surface area contributed by atoms with Gasteiger partial charge >= 0.3 is 0 Å². The van der Waals surface area contributed by atoms with Gasteiger partial charge in [-0.2, -0.15) is 10.5 Å². The first-order valence-electron chi connectivity index (χ1n) is 29.5. The van der Waals surface area contributed by atoms with Gasteiger partial charge in [-0.1, -0.05) is 146 Å². The SMILES string of the molecule is N#Cc1cc(-n2c3ccc(-c4ccc5c6ccccc6n(-c6ccccc6)c5c4)cc3c3cc4c(cc32)sc2ccccc24)c(C#N)cc1-n1c2ccc(-c3ccc4c5ccccc5n(-c5ccccc5)c4c3)cc2c2cc3c(cc21)sc1ccccc13. The number of fused-ring (bicyclic) bond motifs is 18. The van der Waals surface area contributed by atoms with Crippen molar-refractivity contribution < 1.29 is 0 Å². The van der Waals surface area contributed by atoms with E-state index >= 15 is 0 Å². The fourth-order valence-corrected chi connectivity index (χ4v) is 16.7. The van der Waals surface area contributed by atoms with E-state index in [-0.39, 0.29) is 0 Å². The maximum atomic E-state index is 11.6. The zero-order valence-corrected chi connectivity index (χ0v) is 48.5. The Labute approximate surface area is 510 Å². The van der Waals surface area contributed by atoms with Crippen LogP contribution in [0.2, 0.25) is 0 Å². The summed E-state index contributed by atoms with van der Waals surface area (Å²) in [7, 11) is 0. The van der Waals surface area contributed by atoms with Gasteiger partial charge in [0.05, 0.1) is 66.6 Å².